The Bertz CT molecular complexity index is 4350. The van der Waals surface area contributed by atoms with Crippen LogP contribution in [0.1, 0.15) is 419 Å². The summed E-state index contributed by atoms with van der Waals surface area (Å²) >= 11 is 0. The normalized spacial score (nSPS) is 34.4. The minimum absolute atomic E-state index is 0.0309. The molecule has 32 atom stereocenters. The van der Waals surface area contributed by atoms with Gasteiger partial charge >= 0.3 is 47.8 Å². The van der Waals surface area contributed by atoms with Crippen molar-refractivity contribution in [1.82, 2.24) is 0 Å². The summed E-state index contributed by atoms with van der Waals surface area (Å²) in [5, 5.41) is 0. The minimum atomic E-state index is -0.634. The van der Waals surface area contributed by atoms with Gasteiger partial charge in [0.15, 0.2) is 0 Å². The van der Waals surface area contributed by atoms with E-state index in [1.165, 1.54) is 173 Å². The molecule has 13 aliphatic rings. The summed E-state index contributed by atoms with van der Waals surface area (Å²) in [5.74, 6) is 13.3. The van der Waals surface area contributed by atoms with Crippen LogP contribution in [0.15, 0.2) is 73.3 Å². The molecule has 2 aromatic rings. The molecule has 15 rings (SSSR count). The Morgan fingerprint density at radius 2 is 0.691 bits per heavy atom. The largest absolute Gasteiger partial charge is 0.465 e. The smallest absolute Gasteiger partial charge is 0.338 e. The molecule has 0 heterocycles. The summed E-state index contributed by atoms with van der Waals surface area (Å²) in [6, 6.07) is 13.9. The van der Waals surface area contributed by atoms with Gasteiger partial charge in [0.1, 0.15) is 11.2 Å². The van der Waals surface area contributed by atoms with Crippen LogP contribution in [0.5, 0.6) is 0 Å². The van der Waals surface area contributed by atoms with E-state index in [4.69, 9.17) is 37.9 Å². The van der Waals surface area contributed by atoms with E-state index in [-0.39, 0.29) is 46.5 Å². The zero-order chi connectivity index (χ0) is 96.2. The second-order valence-electron chi connectivity index (χ2n) is 48.8. The lowest BCUT2D eigenvalue weighted by Gasteiger charge is -2.44. The van der Waals surface area contributed by atoms with Crippen molar-refractivity contribution < 1.29 is 76.3 Å². The maximum absolute atomic E-state index is 14.1. The van der Waals surface area contributed by atoms with Crippen LogP contribution in [-0.4, -0.2) is 98.6 Å². The van der Waals surface area contributed by atoms with Gasteiger partial charge in [-0.1, -0.05) is 203 Å². The maximum Gasteiger partial charge on any atom is 0.338 e. The van der Waals surface area contributed by atoms with Crippen LogP contribution >= 0.6 is 0 Å². The van der Waals surface area contributed by atoms with Gasteiger partial charge < -0.3 is 37.9 Å². The molecule has 2 aromatic carbocycles. The first kappa shape index (κ1) is 104. The van der Waals surface area contributed by atoms with Crippen molar-refractivity contribution in [3.8, 4) is 0 Å². The number of unbranched alkanes of at least 4 members (excludes halogenated alkanes) is 14. The van der Waals surface area contributed by atoms with Crippen molar-refractivity contribution >= 4 is 47.8 Å². The molecule has 13 saturated carbocycles. The Hall–Kier alpha value is -6.32. The highest BCUT2D eigenvalue weighted by Gasteiger charge is 2.65. The molecule has 0 amide bonds. The van der Waals surface area contributed by atoms with Crippen LogP contribution in [0.25, 0.3) is 0 Å². The topological polar surface area (TPSA) is 210 Å². The van der Waals surface area contributed by atoms with Crippen LogP contribution in [0, 0.1) is 177 Å². The molecule has 756 valence electrons. The number of rotatable bonds is 55. The maximum atomic E-state index is 14.1. The fraction of sp³-hybridized carbons (Fsp3) is 0.800. The highest BCUT2D eigenvalue weighted by Crippen LogP contribution is 2.70. The number of fused-ring (bicyclic) bond motifs is 20. The molecule has 0 spiro atoms. The Morgan fingerprint density at radius 1 is 0.353 bits per heavy atom. The van der Waals surface area contributed by atoms with Gasteiger partial charge in [-0.05, 0) is 378 Å². The van der Waals surface area contributed by atoms with E-state index >= 15 is 0 Å². The Labute approximate surface area is 820 Å². The van der Waals surface area contributed by atoms with Gasteiger partial charge in [0.25, 0.3) is 0 Å². The van der Waals surface area contributed by atoms with Crippen LogP contribution < -0.4 is 0 Å². The zero-order valence-corrected chi connectivity index (χ0v) is 86.3. The Kier molecular flexibility index (Phi) is 36.1. The third kappa shape index (κ3) is 24.1. The van der Waals surface area contributed by atoms with Crippen molar-refractivity contribution in [2.24, 2.45) is 177 Å². The van der Waals surface area contributed by atoms with Crippen molar-refractivity contribution in [3.63, 3.8) is 0 Å². The number of esters is 8. The van der Waals surface area contributed by atoms with E-state index in [1.807, 2.05) is 0 Å². The fourth-order valence-corrected chi connectivity index (χ4v) is 33.6. The lowest BCUT2D eigenvalue weighted by molar-refractivity contribution is -0.150. The highest BCUT2D eigenvalue weighted by atomic mass is 16.6. The van der Waals surface area contributed by atoms with Crippen LogP contribution in [0.3, 0.4) is 0 Å². The van der Waals surface area contributed by atoms with E-state index in [1.54, 1.807) is 55.5 Å². The second kappa shape index (κ2) is 47.3. The molecule has 28 unspecified atom stereocenters. The molecule has 16 nitrogen and oxygen atoms in total. The minimum Gasteiger partial charge on any atom is -0.465 e. The van der Waals surface area contributed by atoms with Gasteiger partial charge in [0.05, 0.1) is 61.9 Å². The molecule has 0 radical (unpaired) electrons. The number of ether oxygens (including phenoxy) is 8. The molecule has 0 N–H and O–H groups in total. The average Bonchev–Trinajstić information content (AvgIpc) is 1.59. The Balaban J connectivity index is 0.465. The SMILES string of the molecule is C=CC(=O)OCC1CC2C3CC(CC3C(C)(CC)OC(=O)c3cccc(C(=O)OCC4CC5C6CC(C(C(C)(CCC)COC(=O)CCCCCCC7C(CCCCCC)CCC(CCCCCCCC)C7CCCCCCC(=O)OCC(C)(CC)C7CC8CC7[C@H]7CC(COC(=O)c9cccc(C(=O)OC(C)(CC)C%10CC%11CC%10C%10CC(COC(=O)C(=C)C)C[C@H]%11%10)c9)CC87)C6)[C@H]5C4)c3)[C@H]2C1. The van der Waals surface area contributed by atoms with E-state index in [0.717, 1.165) is 133 Å². The van der Waals surface area contributed by atoms with Gasteiger partial charge in [-0.25, -0.2) is 28.8 Å². The standard InChI is InChI=1S/C120H180O16/c1-14-21-23-25-26-32-40-82-50-49-81(39-31-24-22-15-2)91(45-33-28-30-36-48-111(123)134-75-118(11,51-16-3)106-67-88-63-102(106)98-58-80(55-94(88)98)73-132-114(126)84-42-38-43-85(61-84)115(127)135-119(12,19-6)107-68-89-64-103(107)99-56-77(52-95(89)99)70-129-109(121)17-4)92(82)46-34-27-29-35-47-110(122)133-74-117(10,18-5)105-66-87-62-101(105)97-57-79(54-93(87)97)72-131-113(125)83-41-37-44-86(60-83)116(128)136-120(13,20-7)108-69-90-65-104(108)100-59-78(53-96(90)100)71-130-112(124)76(8)9/h17,37-38,41-44,60-61,77-82,87-108H,4,8,14-16,18-36,39-40,45-59,62-75H2,1-3,5-7,9-13H3/t77?,78?,79?,80?,81?,82?,87?,88?,89?,90?,91?,92?,93?,94?,95-,96-,97+,98+,99?,100?,101?,102?,103?,104?,105?,106?,107?,108?,117?,118?,119?,120?/m1/s1. The summed E-state index contributed by atoms with van der Waals surface area (Å²) in [4.78, 5) is 108. The first-order chi connectivity index (χ1) is 65.6. The predicted molar refractivity (Wildman–Crippen MR) is 535 cm³/mol. The quantitative estimate of drug-likeness (QED) is 0.0261. The van der Waals surface area contributed by atoms with Gasteiger partial charge in [-0.3, -0.25) is 9.59 Å². The molecular formula is C120H180O16. The first-order valence-corrected chi connectivity index (χ1v) is 56.6. The van der Waals surface area contributed by atoms with Crippen LogP contribution in [0.2, 0.25) is 0 Å². The molecule has 16 heteroatoms. The summed E-state index contributed by atoms with van der Waals surface area (Å²) in [6.07, 6.45) is 54.8. The van der Waals surface area contributed by atoms with E-state index in [9.17, 15) is 38.4 Å². The van der Waals surface area contributed by atoms with E-state index < -0.39 is 35.1 Å². The van der Waals surface area contributed by atoms with Crippen LogP contribution in [0.4, 0.5) is 0 Å². The summed E-state index contributed by atoms with van der Waals surface area (Å²) in [5.41, 5.74) is 0.530. The average molecular weight is 1880 g/mol. The van der Waals surface area contributed by atoms with Crippen molar-refractivity contribution in [1.29, 1.82) is 0 Å². The van der Waals surface area contributed by atoms with Crippen molar-refractivity contribution in [3.05, 3.63) is 95.6 Å². The molecule has 13 aliphatic carbocycles. The van der Waals surface area contributed by atoms with Gasteiger partial charge in [-0.2, -0.15) is 0 Å². The highest BCUT2D eigenvalue weighted by molar-refractivity contribution is 5.96. The third-order valence-electron chi connectivity index (χ3n) is 40.8. The number of carbonyl (C=O) groups excluding carboxylic acids is 8. The van der Waals surface area contributed by atoms with Gasteiger partial charge in [-0.15, -0.1) is 0 Å². The van der Waals surface area contributed by atoms with Gasteiger partial charge in [0, 0.05) is 47.2 Å². The molecule has 0 aliphatic heterocycles. The number of carbonyl (C=O) groups is 8. The van der Waals surface area contributed by atoms with E-state index in [0.29, 0.717) is 223 Å². The lowest BCUT2D eigenvalue weighted by Crippen LogP contribution is -2.44. The van der Waals surface area contributed by atoms with E-state index in [2.05, 4.69) is 82.4 Å². The van der Waals surface area contributed by atoms with Crippen molar-refractivity contribution in [2.75, 3.05) is 39.6 Å². The molecular weight excluding hydrogens is 1700 g/mol. The number of hydrogen-bond acceptors (Lipinski definition) is 16. The van der Waals surface area contributed by atoms with Gasteiger partial charge in [0.2, 0.25) is 0 Å². The molecule has 0 saturated heterocycles. The number of benzene rings is 2. The number of hydrogen-bond donors (Lipinski definition) is 0. The first-order valence-electron chi connectivity index (χ1n) is 56.6. The summed E-state index contributed by atoms with van der Waals surface area (Å²) in [6.45, 7) is 34.1. The summed E-state index contributed by atoms with van der Waals surface area (Å²) < 4.78 is 49.2. The molecule has 13 fully saturated rings. The Morgan fingerprint density at radius 3 is 1.08 bits per heavy atom. The monoisotopic (exact) mass is 1880 g/mol. The fourth-order valence-electron chi connectivity index (χ4n) is 33.6. The summed E-state index contributed by atoms with van der Waals surface area (Å²) in [7, 11) is 0. The second-order valence-corrected chi connectivity index (χ2v) is 48.8. The van der Waals surface area contributed by atoms with Crippen LogP contribution in [-0.2, 0) is 57.1 Å². The predicted octanol–water partition coefficient (Wildman–Crippen LogP) is 28.4. The molecule has 136 heavy (non-hydrogen) atoms. The van der Waals surface area contributed by atoms with Crippen molar-refractivity contribution in [2.45, 2.75) is 389 Å². The molecule has 0 aromatic heterocycles. The zero-order valence-electron chi connectivity index (χ0n) is 86.3. The third-order valence-corrected chi connectivity index (χ3v) is 40.8. The lowest BCUT2D eigenvalue weighted by atomic mass is 9.61. The molecule has 8 bridgehead atoms.